The van der Waals surface area contributed by atoms with Gasteiger partial charge in [0.15, 0.2) is 0 Å². The molecule has 0 aliphatic heterocycles. The van der Waals surface area contributed by atoms with E-state index in [0.29, 0.717) is 17.6 Å². The second kappa shape index (κ2) is 8.65. The lowest BCUT2D eigenvalue weighted by Gasteiger charge is -2.31. The first-order valence-electron chi connectivity index (χ1n) is 9.38. The van der Waals surface area contributed by atoms with Crippen molar-refractivity contribution in [3.8, 4) is 5.75 Å². The third-order valence-corrected chi connectivity index (χ3v) is 7.21. The number of hydrogen-bond donors (Lipinski definition) is 1. The Hall–Kier alpha value is -1.54. The Labute approximate surface area is 161 Å². The zero-order valence-electron chi connectivity index (χ0n) is 16.3. The quantitative estimate of drug-likeness (QED) is 0.521. The molecule has 27 heavy (non-hydrogen) atoms. The number of rotatable bonds is 7. The van der Waals surface area contributed by atoms with Crippen molar-refractivity contribution in [3.63, 3.8) is 0 Å². The molecule has 0 aromatic heterocycles. The van der Waals surface area contributed by atoms with Crippen molar-refractivity contribution in [2.24, 2.45) is 5.92 Å². The number of phenolic OH excluding ortho intramolecular Hbond substituents is 1. The van der Waals surface area contributed by atoms with Gasteiger partial charge in [-0.2, -0.15) is 13.2 Å². The molecule has 0 fully saturated rings. The van der Waals surface area contributed by atoms with Gasteiger partial charge in [0, 0.05) is 10.7 Å². The van der Waals surface area contributed by atoms with Crippen molar-refractivity contribution in [1.82, 2.24) is 0 Å². The van der Waals surface area contributed by atoms with Gasteiger partial charge < -0.3 is 5.11 Å². The van der Waals surface area contributed by atoms with E-state index < -0.39 is 16.9 Å². The summed E-state index contributed by atoms with van der Waals surface area (Å²) in [5, 5.41) is 10.6. The van der Waals surface area contributed by atoms with Gasteiger partial charge in [-0.05, 0) is 35.7 Å². The average molecular weight is 396 g/mol. The highest BCUT2D eigenvalue weighted by Gasteiger charge is 2.36. The van der Waals surface area contributed by atoms with E-state index in [4.69, 9.17) is 0 Å². The lowest BCUT2D eigenvalue weighted by molar-refractivity contribution is -0.136. The lowest BCUT2D eigenvalue weighted by atomic mass is 9.91. The summed E-state index contributed by atoms with van der Waals surface area (Å²) < 4.78 is 40.2. The Bertz CT molecular complexity index is 772. The van der Waals surface area contributed by atoms with Crippen LogP contribution in [0.1, 0.15) is 57.2 Å². The third kappa shape index (κ3) is 5.04. The minimum absolute atomic E-state index is 0.0927. The maximum absolute atomic E-state index is 13.4. The van der Waals surface area contributed by atoms with Crippen LogP contribution in [-0.2, 0) is 17.8 Å². The summed E-state index contributed by atoms with van der Waals surface area (Å²) in [4.78, 5) is 0. The Morgan fingerprint density at radius 1 is 1.00 bits per heavy atom. The summed E-state index contributed by atoms with van der Waals surface area (Å²) in [5.74, 6) is 0.673. The number of alkyl halides is 3. The first-order chi connectivity index (χ1) is 12.6. The summed E-state index contributed by atoms with van der Waals surface area (Å²) in [6, 6.07) is 11.4. The van der Waals surface area contributed by atoms with Gasteiger partial charge in [-0.15, -0.1) is 0 Å². The molecule has 3 atom stereocenters. The topological polar surface area (TPSA) is 20.2 Å². The number of halogens is 3. The molecule has 1 N–H and O–H groups in total. The van der Waals surface area contributed by atoms with Crippen LogP contribution in [-0.4, -0.2) is 5.11 Å². The van der Waals surface area contributed by atoms with Gasteiger partial charge in [0.2, 0.25) is 0 Å². The molecular formula is C22H28F3OP. The van der Waals surface area contributed by atoms with E-state index in [2.05, 4.69) is 13.8 Å². The SMILES string of the molecule is CC[C@@H](C)Cc1cccc(C(C)(CC)Pc2ccccc2C(F)(F)F)c1O. The number of para-hydroxylation sites is 1. The van der Waals surface area contributed by atoms with Crippen LogP contribution in [0.15, 0.2) is 42.5 Å². The Kier molecular flexibility index (Phi) is 6.97. The third-order valence-electron chi connectivity index (χ3n) is 5.33. The second-order valence-corrected chi connectivity index (χ2v) is 9.28. The zero-order valence-corrected chi connectivity index (χ0v) is 17.3. The van der Waals surface area contributed by atoms with Crippen LogP contribution >= 0.6 is 8.58 Å². The van der Waals surface area contributed by atoms with Crippen LogP contribution in [0.2, 0.25) is 0 Å². The van der Waals surface area contributed by atoms with Gasteiger partial charge in [0.1, 0.15) is 5.75 Å². The van der Waals surface area contributed by atoms with Gasteiger partial charge in [-0.1, -0.05) is 79.1 Å². The van der Waals surface area contributed by atoms with E-state index in [0.717, 1.165) is 30.0 Å². The van der Waals surface area contributed by atoms with Crippen molar-refractivity contribution in [2.75, 3.05) is 0 Å². The normalized spacial score (nSPS) is 15.8. The molecule has 0 saturated carbocycles. The minimum Gasteiger partial charge on any atom is -0.507 e. The van der Waals surface area contributed by atoms with E-state index >= 15 is 0 Å². The second-order valence-electron chi connectivity index (χ2n) is 7.38. The number of aromatic hydroxyl groups is 1. The van der Waals surface area contributed by atoms with Gasteiger partial charge in [0.05, 0.1) is 5.56 Å². The maximum Gasteiger partial charge on any atom is 0.417 e. The number of hydrogen-bond acceptors (Lipinski definition) is 1. The van der Waals surface area contributed by atoms with Crippen LogP contribution in [0.4, 0.5) is 13.2 Å². The van der Waals surface area contributed by atoms with Crippen LogP contribution in [0.25, 0.3) is 0 Å². The number of benzene rings is 2. The fourth-order valence-corrected chi connectivity index (χ4v) is 4.85. The molecule has 2 rings (SSSR count). The van der Waals surface area contributed by atoms with Crippen LogP contribution in [0.5, 0.6) is 5.75 Å². The highest BCUT2D eigenvalue weighted by atomic mass is 31.1. The summed E-state index contributed by atoms with van der Waals surface area (Å²) in [6.07, 6.45) is -1.97. The molecule has 0 bridgehead atoms. The molecule has 2 unspecified atom stereocenters. The first kappa shape index (κ1) is 21.8. The molecule has 0 aliphatic carbocycles. The van der Waals surface area contributed by atoms with Gasteiger partial charge in [-0.25, -0.2) is 0 Å². The Morgan fingerprint density at radius 3 is 2.22 bits per heavy atom. The fraction of sp³-hybridized carbons (Fsp3) is 0.455. The monoisotopic (exact) mass is 396 g/mol. The van der Waals surface area contributed by atoms with Gasteiger partial charge >= 0.3 is 6.18 Å². The fourth-order valence-electron chi connectivity index (χ4n) is 3.20. The summed E-state index contributed by atoms with van der Waals surface area (Å²) in [7, 11) is -0.0927. The van der Waals surface area contributed by atoms with Crippen molar-refractivity contribution in [2.45, 2.75) is 58.3 Å². The predicted molar refractivity (Wildman–Crippen MR) is 108 cm³/mol. The summed E-state index contributed by atoms with van der Waals surface area (Å²) in [5.41, 5.74) is 1.02. The summed E-state index contributed by atoms with van der Waals surface area (Å²) >= 11 is 0. The van der Waals surface area contributed by atoms with Crippen LogP contribution < -0.4 is 5.30 Å². The van der Waals surface area contributed by atoms with Crippen LogP contribution in [0.3, 0.4) is 0 Å². The van der Waals surface area contributed by atoms with E-state index in [1.807, 2.05) is 32.0 Å². The van der Waals surface area contributed by atoms with Gasteiger partial charge in [-0.3, -0.25) is 0 Å². The average Bonchev–Trinajstić information content (AvgIpc) is 2.62. The van der Waals surface area contributed by atoms with Crippen LogP contribution in [0, 0.1) is 5.92 Å². The Balaban J connectivity index is 2.46. The molecule has 1 nitrogen and oxygen atoms in total. The molecule has 2 aromatic rings. The molecule has 0 aliphatic rings. The van der Waals surface area contributed by atoms with E-state index in [1.165, 1.54) is 6.07 Å². The van der Waals surface area contributed by atoms with E-state index in [9.17, 15) is 18.3 Å². The molecule has 0 amide bonds. The highest BCUT2D eigenvalue weighted by Crippen LogP contribution is 2.49. The van der Waals surface area contributed by atoms with Crippen molar-refractivity contribution >= 4 is 13.9 Å². The highest BCUT2D eigenvalue weighted by molar-refractivity contribution is 7.48. The molecular weight excluding hydrogens is 368 g/mol. The number of phenols is 1. The molecule has 0 spiro atoms. The maximum atomic E-state index is 13.4. The van der Waals surface area contributed by atoms with E-state index in [-0.39, 0.29) is 14.3 Å². The van der Waals surface area contributed by atoms with Gasteiger partial charge in [0.25, 0.3) is 0 Å². The molecule has 0 radical (unpaired) electrons. The molecule has 2 aromatic carbocycles. The zero-order chi connectivity index (χ0) is 20.2. The smallest absolute Gasteiger partial charge is 0.417 e. The minimum atomic E-state index is -4.38. The van der Waals surface area contributed by atoms with E-state index in [1.54, 1.807) is 12.1 Å². The Morgan fingerprint density at radius 2 is 1.63 bits per heavy atom. The predicted octanol–water partition coefficient (Wildman–Crippen LogP) is 6.63. The molecule has 0 saturated heterocycles. The van der Waals surface area contributed by atoms with Crippen molar-refractivity contribution in [1.29, 1.82) is 0 Å². The lowest BCUT2D eigenvalue weighted by Crippen LogP contribution is -2.23. The first-order valence-corrected chi connectivity index (χ1v) is 10.4. The van der Waals surface area contributed by atoms with Crippen molar-refractivity contribution in [3.05, 3.63) is 59.2 Å². The largest absolute Gasteiger partial charge is 0.507 e. The molecule has 5 heteroatoms. The molecule has 148 valence electrons. The molecule has 0 heterocycles. The standard InChI is InChI=1S/C22H28F3OP/c1-5-15(3)14-16-10-9-12-18(20(16)26)21(4,6-2)27-19-13-8-7-11-17(19)22(23,24)25/h7-13,15,26-27H,5-6,14H2,1-4H3/t15-,21?/m1/s1. The van der Waals surface area contributed by atoms with Crippen molar-refractivity contribution < 1.29 is 18.3 Å². The summed E-state index contributed by atoms with van der Waals surface area (Å²) in [6.45, 7) is 8.15.